The number of aliphatic hydroxyl groups excluding tert-OH is 1. The Labute approximate surface area is 117 Å². The number of hydrogen-bond acceptors (Lipinski definition) is 3. The average molecular weight is 267 g/mol. The number of nitrogens with two attached hydrogens (primary N) is 1. The van der Waals surface area contributed by atoms with Crippen molar-refractivity contribution in [2.24, 2.45) is 0 Å². The maximum atomic E-state index is 10.7. The Bertz CT molecular complexity index is 760. The maximum absolute atomic E-state index is 10.7. The standard InChI is InChI=1S/C17H17NO2/c1-10-8-9-13(18)15-14(11(2)20-17(10)15)16(19)12-6-4-3-5-7-12/h3-9,16,19H,18H2,1-2H3. The summed E-state index contributed by atoms with van der Waals surface area (Å²) in [5, 5.41) is 11.5. The fourth-order valence-corrected chi connectivity index (χ4v) is 2.63. The number of furan rings is 1. The molecule has 3 rings (SSSR count). The average Bonchev–Trinajstić information content (AvgIpc) is 2.82. The molecule has 1 aromatic heterocycles. The van der Waals surface area contributed by atoms with E-state index in [1.54, 1.807) is 0 Å². The van der Waals surface area contributed by atoms with Crippen LogP contribution in [-0.2, 0) is 0 Å². The summed E-state index contributed by atoms with van der Waals surface area (Å²) in [5.74, 6) is 0.706. The lowest BCUT2D eigenvalue weighted by atomic mass is 9.97. The Morgan fingerprint density at radius 3 is 2.45 bits per heavy atom. The quantitative estimate of drug-likeness (QED) is 0.696. The summed E-state index contributed by atoms with van der Waals surface area (Å²) in [4.78, 5) is 0. The van der Waals surface area contributed by atoms with Crippen LogP contribution in [0.2, 0.25) is 0 Å². The zero-order chi connectivity index (χ0) is 14.3. The highest BCUT2D eigenvalue weighted by molar-refractivity contribution is 5.95. The molecule has 0 saturated carbocycles. The lowest BCUT2D eigenvalue weighted by Gasteiger charge is -2.11. The molecule has 102 valence electrons. The number of benzene rings is 2. The number of hydrogen-bond donors (Lipinski definition) is 2. The van der Waals surface area contributed by atoms with Gasteiger partial charge in [-0.15, -0.1) is 0 Å². The Morgan fingerprint density at radius 2 is 1.75 bits per heavy atom. The van der Waals surface area contributed by atoms with Gasteiger partial charge in [-0.05, 0) is 31.0 Å². The van der Waals surface area contributed by atoms with Gasteiger partial charge in [0, 0.05) is 16.6 Å². The molecule has 3 nitrogen and oxygen atoms in total. The minimum absolute atomic E-state index is 0.632. The number of aryl methyl sites for hydroxylation is 2. The monoisotopic (exact) mass is 267 g/mol. The highest BCUT2D eigenvalue weighted by Gasteiger charge is 2.22. The van der Waals surface area contributed by atoms with E-state index in [0.29, 0.717) is 11.4 Å². The molecule has 0 saturated heterocycles. The molecule has 0 bridgehead atoms. The molecule has 2 aromatic carbocycles. The van der Waals surface area contributed by atoms with Gasteiger partial charge in [-0.3, -0.25) is 0 Å². The van der Waals surface area contributed by atoms with Gasteiger partial charge in [0.1, 0.15) is 17.4 Å². The molecule has 1 atom stereocenters. The molecule has 0 spiro atoms. The highest BCUT2D eigenvalue weighted by atomic mass is 16.3. The minimum atomic E-state index is -0.735. The van der Waals surface area contributed by atoms with E-state index in [4.69, 9.17) is 10.2 Å². The first-order chi connectivity index (χ1) is 9.59. The first-order valence-electron chi connectivity index (χ1n) is 6.60. The van der Waals surface area contributed by atoms with Gasteiger partial charge < -0.3 is 15.3 Å². The van der Waals surface area contributed by atoms with Crippen molar-refractivity contribution in [3.8, 4) is 0 Å². The Morgan fingerprint density at radius 1 is 1.05 bits per heavy atom. The van der Waals surface area contributed by atoms with Crippen LogP contribution in [0.1, 0.15) is 28.6 Å². The summed E-state index contributed by atoms with van der Waals surface area (Å²) in [6, 6.07) is 13.3. The summed E-state index contributed by atoms with van der Waals surface area (Å²) in [6.45, 7) is 3.84. The molecule has 0 fully saturated rings. The van der Waals surface area contributed by atoms with E-state index >= 15 is 0 Å². The third kappa shape index (κ3) is 1.87. The lowest BCUT2D eigenvalue weighted by molar-refractivity contribution is 0.219. The topological polar surface area (TPSA) is 59.4 Å². The maximum Gasteiger partial charge on any atom is 0.139 e. The number of nitrogen functional groups attached to an aromatic ring is 1. The third-order valence-electron chi connectivity index (χ3n) is 3.68. The van der Waals surface area contributed by atoms with Crippen LogP contribution in [0.15, 0.2) is 46.9 Å². The van der Waals surface area contributed by atoms with Crippen molar-refractivity contribution in [2.75, 3.05) is 5.73 Å². The molecule has 3 heteroatoms. The lowest BCUT2D eigenvalue weighted by Crippen LogP contribution is -2.01. The van der Waals surface area contributed by atoms with Crippen molar-refractivity contribution < 1.29 is 9.52 Å². The summed E-state index contributed by atoms with van der Waals surface area (Å²) in [6.07, 6.45) is -0.735. The van der Waals surface area contributed by atoms with Crippen LogP contribution >= 0.6 is 0 Å². The molecule has 0 radical (unpaired) electrons. The van der Waals surface area contributed by atoms with E-state index < -0.39 is 6.10 Å². The van der Waals surface area contributed by atoms with Crippen LogP contribution in [0.3, 0.4) is 0 Å². The van der Waals surface area contributed by atoms with Crippen molar-refractivity contribution in [1.29, 1.82) is 0 Å². The molecule has 0 aliphatic carbocycles. The van der Waals surface area contributed by atoms with Crippen LogP contribution in [0.25, 0.3) is 11.0 Å². The van der Waals surface area contributed by atoms with E-state index in [9.17, 15) is 5.11 Å². The molecule has 0 aliphatic heterocycles. The second kappa shape index (κ2) is 4.69. The predicted octanol–water partition coefficient (Wildman–Crippen LogP) is 3.71. The molecule has 1 heterocycles. The second-order valence-electron chi connectivity index (χ2n) is 5.06. The zero-order valence-electron chi connectivity index (χ0n) is 11.6. The van der Waals surface area contributed by atoms with E-state index in [-0.39, 0.29) is 0 Å². The van der Waals surface area contributed by atoms with Gasteiger partial charge in [-0.1, -0.05) is 36.4 Å². The van der Waals surface area contributed by atoms with Gasteiger partial charge in [0.15, 0.2) is 0 Å². The number of aliphatic hydroxyl groups is 1. The predicted molar refractivity (Wildman–Crippen MR) is 80.6 cm³/mol. The first-order valence-corrected chi connectivity index (χ1v) is 6.60. The van der Waals surface area contributed by atoms with E-state index in [2.05, 4.69) is 0 Å². The SMILES string of the molecule is Cc1oc2c(C)ccc(N)c2c1C(O)c1ccccc1. The largest absolute Gasteiger partial charge is 0.461 e. The number of anilines is 1. The van der Waals surface area contributed by atoms with Crippen molar-refractivity contribution >= 4 is 16.7 Å². The van der Waals surface area contributed by atoms with Gasteiger partial charge in [0.05, 0.1) is 0 Å². The summed E-state index contributed by atoms with van der Waals surface area (Å²) >= 11 is 0. The number of fused-ring (bicyclic) bond motifs is 1. The Kier molecular flexibility index (Phi) is 2.99. The molecular formula is C17H17NO2. The zero-order valence-corrected chi connectivity index (χ0v) is 11.6. The van der Waals surface area contributed by atoms with Crippen LogP contribution in [0.5, 0.6) is 0 Å². The smallest absolute Gasteiger partial charge is 0.139 e. The molecule has 3 aromatic rings. The van der Waals surface area contributed by atoms with Crippen LogP contribution in [-0.4, -0.2) is 5.11 Å². The van der Waals surface area contributed by atoms with Gasteiger partial charge >= 0.3 is 0 Å². The van der Waals surface area contributed by atoms with E-state index in [1.807, 2.05) is 56.3 Å². The fraction of sp³-hybridized carbons (Fsp3) is 0.176. The van der Waals surface area contributed by atoms with Crippen LogP contribution in [0, 0.1) is 13.8 Å². The van der Waals surface area contributed by atoms with Gasteiger partial charge in [0.2, 0.25) is 0 Å². The molecule has 0 amide bonds. The highest BCUT2D eigenvalue weighted by Crippen LogP contribution is 2.38. The molecule has 0 aliphatic rings. The third-order valence-corrected chi connectivity index (χ3v) is 3.68. The number of rotatable bonds is 2. The van der Waals surface area contributed by atoms with Crippen molar-refractivity contribution in [3.05, 3.63) is 64.9 Å². The summed E-state index contributed by atoms with van der Waals surface area (Å²) in [5.41, 5.74) is 10.1. The fourth-order valence-electron chi connectivity index (χ4n) is 2.63. The molecule has 1 unspecified atom stereocenters. The van der Waals surface area contributed by atoms with Gasteiger partial charge in [0.25, 0.3) is 0 Å². The van der Waals surface area contributed by atoms with E-state index in [1.165, 1.54) is 0 Å². The molecule has 3 N–H and O–H groups in total. The Balaban J connectivity index is 2.26. The van der Waals surface area contributed by atoms with Gasteiger partial charge in [-0.25, -0.2) is 0 Å². The van der Waals surface area contributed by atoms with Gasteiger partial charge in [-0.2, -0.15) is 0 Å². The van der Waals surface area contributed by atoms with E-state index in [0.717, 1.165) is 27.7 Å². The van der Waals surface area contributed by atoms with Crippen LogP contribution in [0.4, 0.5) is 5.69 Å². The summed E-state index contributed by atoms with van der Waals surface area (Å²) < 4.78 is 5.81. The Hall–Kier alpha value is -2.26. The molecule has 20 heavy (non-hydrogen) atoms. The minimum Gasteiger partial charge on any atom is -0.461 e. The van der Waals surface area contributed by atoms with Crippen molar-refractivity contribution in [1.82, 2.24) is 0 Å². The normalized spacial score (nSPS) is 12.8. The first kappa shape index (κ1) is 12.8. The molecular weight excluding hydrogens is 250 g/mol. The van der Waals surface area contributed by atoms with Crippen molar-refractivity contribution in [3.63, 3.8) is 0 Å². The summed E-state index contributed by atoms with van der Waals surface area (Å²) in [7, 11) is 0. The van der Waals surface area contributed by atoms with Crippen molar-refractivity contribution in [2.45, 2.75) is 20.0 Å². The van der Waals surface area contributed by atoms with Crippen LogP contribution < -0.4 is 5.73 Å². The second-order valence-corrected chi connectivity index (χ2v) is 5.06.